The lowest BCUT2D eigenvalue weighted by molar-refractivity contribution is -0.138. The maximum atomic E-state index is 12.0. The van der Waals surface area contributed by atoms with Gasteiger partial charge in [0, 0.05) is 6.54 Å². The number of carbonyl (C=O) groups is 1. The second-order valence-corrected chi connectivity index (χ2v) is 3.37. The molecule has 0 aromatic heterocycles. The van der Waals surface area contributed by atoms with Crippen molar-refractivity contribution in [2.24, 2.45) is 5.92 Å². The predicted molar refractivity (Wildman–Crippen MR) is 44.9 cm³/mol. The fourth-order valence-electron chi connectivity index (χ4n) is 1.11. The number of alkyl halides is 2. The summed E-state index contributed by atoms with van der Waals surface area (Å²) in [5.41, 5.74) is 0. The first-order valence-electron chi connectivity index (χ1n) is 4.14. The Kier molecular flexibility index (Phi) is 5.53. The van der Waals surface area contributed by atoms with E-state index in [0.29, 0.717) is 6.54 Å². The number of aliphatic carboxylic acids is 1. The lowest BCUT2D eigenvalue weighted by Gasteiger charge is -2.21. The van der Waals surface area contributed by atoms with E-state index in [4.69, 9.17) is 5.11 Å². The average molecular weight is 195 g/mol. The lowest BCUT2D eigenvalue weighted by Crippen LogP contribution is -2.36. The molecule has 0 saturated carbocycles. The van der Waals surface area contributed by atoms with Crippen molar-refractivity contribution < 1.29 is 18.7 Å². The molecule has 0 spiro atoms. The molecule has 13 heavy (non-hydrogen) atoms. The summed E-state index contributed by atoms with van der Waals surface area (Å²) in [6.45, 7) is 3.32. The molecule has 0 heterocycles. The standard InChI is InChI=1S/C8H15F2NO2/c1-6(2)3-11(4-7(9)10)5-8(12)13/h6-7H,3-5H2,1-2H3,(H,12,13). The maximum absolute atomic E-state index is 12.0. The molecule has 0 rings (SSSR count). The summed E-state index contributed by atoms with van der Waals surface area (Å²) in [6, 6.07) is 0. The van der Waals surface area contributed by atoms with Crippen LogP contribution in [-0.4, -0.2) is 42.0 Å². The van der Waals surface area contributed by atoms with Gasteiger partial charge in [0.2, 0.25) is 0 Å². The van der Waals surface area contributed by atoms with Crippen LogP contribution < -0.4 is 0 Å². The van der Waals surface area contributed by atoms with Crippen LogP contribution in [0.5, 0.6) is 0 Å². The van der Waals surface area contributed by atoms with Gasteiger partial charge in [0.15, 0.2) is 0 Å². The van der Waals surface area contributed by atoms with E-state index in [1.807, 2.05) is 13.8 Å². The SMILES string of the molecule is CC(C)CN(CC(=O)O)CC(F)F. The van der Waals surface area contributed by atoms with Crippen molar-refractivity contribution in [1.29, 1.82) is 0 Å². The van der Waals surface area contributed by atoms with Gasteiger partial charge in [-0.2, -0.15) is 0 Å². The highest BCUT2D eigenvalue weighted by atomic mass is 19.3. The molecule has 0 fully saturated rings. The zero-order valence-electron chi connectivity index (χ0n) is 7.83. The number of carboxylic acids is 1. The monoisotopic (exact) mass is 195 g/mol. The highest BCUT2D eigenvalue weighted by molar-refractivity contribution is 5.69. The smallest absolute Gasteiger partial charge is 0.317 e. The third-order valence-electron chi connectivity index (χ3n) is 1.38. The molecule has 0 aromatic carbocycles. The second-order valence-electron chi connectivity index (χ2n) is 3.37. The van der Waals surface area contributed by atoms with E-state index in [0.717, 1.165) is 0 Å². The molecular formula is C8H15F2NO2. The highest BCUT2D eigenvalue weighted by Crippen LogP contribution is 2.02. The molecule has 0 radical (unpaired) electrons. The Morgan fingerprint density at radius 3 is 2.23 bits per heavy atom. The molecule has 0 amide bonds. The van der Waals surface area contributed by atoms with Gasteiger partial charge in [0.05, 0.1) is 13.1 Å². The van der Waals surface area contributed by atoms with Gasteiger partial charge in [-0.3, -0.25) is 9.69 Å². The Morgan fingerprint density at radius 1 is 1.38 bits per heavy atom. The Labute approximate surface area is 76.3 Å². The molecule has 0 aliphatic heterocycles. The molecule has 78 valence electrons. The maximum Gasteiger partial charge on any atom is 0.317 e. The van der Waals surface area contributed by atoms with Crippen molar-refractivity contribution in [1.82, 2.24) is 4.90 Å². The van der Waals surface area contributed by atoms with Crippen molar-refractivity contribution in [3.63, 3.8) is 0 Å². The van der Waals surface area contributed by atoms with E-state index in [1.165, 1.54) is 4.90 Å². The van der Waals surface area contributed by atoms with Crippen LogP contribution in [0.2, 0.25) is 0 Å². The minimum absolute atomic E-state index is 0.193. The number of carboxylic acid groups (broad SMARTS) is 1. The predicted octanol–water partition coefficient (Wildman–Crippen LogP) is 1.29. The van der Waals surface area contributed by atoms with Gasteiger partial charge < -0.3 is 5.11 Å². The van der Waals surface area contributed by atoms with E-state index in [9.17, 15) is 13.6 Å². The minimum atomic E-state index is -2.47. The zero-order chi connectivity index (χ0) is 10.4. The van der Waals surface area contributed by atoms with Crippen LogP contribution in [0.3, 0.4) is 0 Å². The number of rotatable bonds is 6. The van der Waals surface area contributed by atoms with Crippen molar-refractivity contribution in [3.8, 4) is 0 Å². The van der Waals surface area contributed by atoms with Crippen LogP contribution in [0.4, 0.5) is 8.78 Å². The molecule has 5 heteroatoms. The Bertz CT molecular complexity index is 152. The molecule has 0 aliphatic carbocycles. The van der Waals surface area contributed by atoms with Crippen LogP contribution in [0.1, 0.15) is 13.8 Å². The third kappa shape index (κ3) is 7.64. The first kappa shape index (κ1) is 12.3. The van der Waals surface area contributed by atoms with Gasteiger partial charge >= 0.3 is 5.97 Å². The van der Waals surface area contributed by atoms with Gasteiger partial charge in [0.25, 0.3) is 6.43 Å². The van der Waals surface area contributed by atoms with Gasteiger partial charge in [0.1, 0.15) is 0 Å². The largest absolute Gasteiger partial charge is 0.480 e. The second kappa shape index (κ2) is 5.85. The summed E-state index contributed by atoms with van der Waals surface area (Å²) in [5, 5.41) is 8.42. The summed E-state index contributed by atoms with van der Waals surface area (Å²) >= 11 is 0. The Hall–Kier alpha value is -0.710. The van der Waals surface area contributed by atoms with Crippen molar-refractivity contribution in [2.75, 3.05) is 19.6 Å². The summed E-state index contributed by atoms with van der Waals surface area (Å²) in [4.78, 5) is 11.5. The van der Waals surface area contributed by atoms with Crippen LogP contribution in [0.25, 0.3) is 0 Å². The summed E-state index contributed by atoms with van der Waals surface area (Å²) < 4.78 is 23.9. The average Bonchev–Trinajstić information content (AvgIpc) is 1.80. The van der Waals surface area contributed by atoms with E-state index < -0.39 is 18.9 Å². The quantitative estimate of drug-likeness (QED) is 0.694. The summed E-state index contributed by atoms with van der Waals surface area (Å²) in [5.74, 6) is -0.876. The summed E-state index contributed by atoms with van der Waals surface area (Å²) in [7, 11) is 0. The molecule has 0 aromatic rings. The number of hydrogen-bond donors (Lipinski definition) is 1. The molecule has 0 aliphatic rings. The fourth-order valence-corrected chi connectivity index (χ4v) is 1.11. The van der Waals surface area contributed by atoms with E-state index in [2.05, 4.69) is 0 Å². The fraction of sp³-hybridized carbons (Fsp3) is 0.875. The third-order valence-corrected chi connectivity index (χ3v) is 1.38. The van der Waals surface area contributed by atoms with Crippen molar-refractivity contribution >= 4 is 5.97 Å². The van der Waals surface area contributed by atoms with Gasteiger partial charge in [-0.1, -0.05) is 13.8 Å². The molecular weight excluding hydrogens is 180 g/mol. The van der Waals surface area contributed by atoms with Gasteiger partial charge in [-0.15, -0.1) is 0 Å². The Morgan fingerprint density at radius 2 is 1.92 bits per heavy atom. The van der Waals surface area contributed by atoms with Crippen LogP contribution in [0.15, 0.2) is 0 Å². The highest BCUT2D eigenvalue weighted by Gasteiger charge is 2.15. The molecule has 0 atom stereocenters. The normalized spacial score (nSPS) is 11.6. The molecule has 0 unspecified atom stereocenters. The first-order chi connectivity index (χ1) is 5.91. The Balaban J connectivity index is 3.95. The first-order valence-corrected chi connectivity index (χ1v) is 4.14. The van der Waals surface area contributed by atoms with Crippen LogP contribution in [0, 0.1) is 5.92 Å². The minimum Gasteiger partial charge on any atom is -0.480 e. The van der Waals surface area contributed by atoms with Gasteiger partial charge in [-0.05, 0) is 5.92 Å². The number of hydrogen-bond acceptors (Lipinski definition) is 2. The molecule has 0 saturated heterocycles. The van der Waals surface area contributed by atoms with Gasteiger partial charge in [-0.25, -0.2) is 8.78 Å². The zero-order valence-corrected chi connectivity index (χ0v) is 7.83. The number of halogens is 2. The number of nitrogens with zero attached hydrogens (tertiary/aromatic N) is 1. The van der Waals surface area contributed by atoms with Crippen LogP contribution >= 0.6 is 0 Å². The topological polar surface area (TPSA) is 40.5 Å². The summed E-state index contributed by atoms with van der Waals surface area (Å²) in [6.07, 6.45) is -2.47. The molecule has 0 bridgehead atoms. The molecule has 3 nitrogen and oxygen atoms in total. The lowest BCUT2D eigenvalue weighted by atomic mass is 10.2. The van der Waals surface area contributed by atoms with Crippen molar-refractivity contribution in [3.05, 3.63) is 0 Å². The van der Waals surface area contributed by atoms with E-state index in [-0.39, 0.29) is 12.5 Å². The van der Waals surface area contributed by atoms with E-state index >= 15 is 0 Å². The molecule has 1 N–H and O–H groups in total. The van der Waals surface area contributed by atoms with Crippen LogP contribution in [-0.2, 0) is 4.79 Å². The van der Waals surface area contributed by atoms with Crippen molar-refractivity contribution in [2.45, 2.75) is 20.3 Å². The van der Waals surface area contributed by atoms with E-state index in [1.54, 1.807) is 0 Å².